The molecule has 0 spiro atoms. The highest BCUT2D eigenvalue weighted by molar-refractivity contribution is 5.94. The summed E-state index contributed by atoms with van der Waals surface area (Å²) in [5.74, 6) is -1.53. The molecule has 0 aliphatic carbocycles. The van der Waals surface area contributed by atoms with Gasteiger partial charge in [-0.3, -0.25) is 19.0 Å². The SMILES string of the molecule is Cn1cc(-c2ccc(Cn3c(=O)cnc4c(Cn5cc6c(-c7cc(F)c(Cn8c(=O)cnc9ccccc98)c(F)c7)cccc6n5)cccc43)cc2)cn1. The van der Waals surface area contributed by atoms with Gasteiger partial charge in [0.05, 0.1) is 65.8 Å². The fourth-order valence-corrected chi connectivity index (χ4v) is 7.04. The maximum Gasteiger partial charge on any atom is 0.269 e. The van der Waals surface area contributed by atoms with Gasteiger partial charge in [-0.25, -0.2) is 18.7 Å². The van der Waals surface area contributed by atoms with E-state index < -0.39 is 17.2 Å². The second-order valence-electron chi connectivity index (χ2n) is 13.2. The summed E-state index contributed by atoms with van der Waals surface area (Å²) in [7, 11) is 1.88. The Bertz CT molecular complexity index is 2990. The molecule has 0 atom stereocenters. The summed E-state index contributed by atoms with van der Waals surface area (Å²) in [5, 5.41) is 9.74. The van der Waals surface area contributed by atoms with Crippen LogP contribution in [0.15, 0.2) is 138 Å². The van der Waals surface area contributed by atoms with Crippen LogP contribution >= 0.6 is 0 Å². The van der Waals surface area contributed by atoms with Crippen LogP contribution in [0.3, 0.4) is 0 Å². The Kier molecular flexibility index (Phi) is 7.99. The summed E-state index contributed by atoms with van der Waals surface area (Å²) in [6.45, 7) is 0.422. The Morgan fingerprint density at radius 2 is 1.33 bits per heavy atom. The van der Waals surface area contributed by atoms with Crippen LogP contribution in [0.4, 0.5) is 8.78 Å². The lowest BCUT2D eigenvalue weighted by Gasteiger charge is -2.13. The highest BCUT2D eigenvalue weighted by Gasteiger charge is 2.18. The van der Waals surface area contributed by atoms with E-state index in [2.05, 4.69) is 15.1 Å². The van der Waals surface area contributed by atoms with Gasteiger partial charge < -0.3 is 9.13 Å². The zero-order valence-corrected chi connectivity index (χ0v) is 28.9. The average Bonchev–Trinajstić information content (AvgIpc) is 3.81. The van der Waals surface area contributed by atoms with E-state index in [1.807, 2.05) is 74.2 Å². The van der Waals surface area contributed by atoms with E-state index in [1.165, 1.54) is 22.9 Å². The van der Waals surface area contributed by atoms with Gasteiger partial charge in [-0.15, -0.1) is 0 Å². The highest BCUT2D eigenvalue weighted by atomic mass is 19.1. The van der Waals surface area contributed by atoms with Gasteiger partial charge in [-0.1, -0.05) is 60.7 Å². The Hall–Kier alpha value is -7.08. The predicted molar refractivity (Wildman–Crippen MR) is 203 cm³/mol. The Morgan fingerprint density at radius 3 is 2.11 bits per heavy atom. The third kappa shape index (κ3) is 5.93. The quantitative estimate of drug-likeness (QED) is 0.169. The fourth-order valence-electron chi connectivity index (χ4n) is 7.04. The molecule has 0 fully saturated rings. The molecule has 0 aliphatic heterocycles. The maximum absolute atomic E-state index is 15.7. The minimum absolute atomic E-state index is 0.211. The zero-order valence-electron chi connectivity index (χ0n) is 28.9. The van der Waals surface area contributed by atoms with Crippen molar-refractivity contribution in [2.75, 3.05) is 0 Å². The van der Waals surface area contributed by atoms with Gasteiger partial charge in [0.2, 0.25) is 0 Å². The molecule has 0 N–H and O–H groups in total. The second kappa shape index (κ2) is 13.2. The summed E-state index contributed by atoms with van der Waals surface area (Å²) in [6.07, 6.45) is 8.11. The van der Waals surface area contributed by atoms with Gasteiger partial charge in [-0.05, 0) is 58.7 Å². The summed E-state index contributed by atoms with van der Waals surface area (Å²) >= 11 is 0. The van der Waals surface area contributed by atoms with E-state index in [-0.39, 0.29) is 17.7 Å². The van der Waals surface area contributed by atoms with Crippen molar-refractivity contribution in [2.24, 2.45) is 7.05 Å². The number of fused-ring (bicyclic) bond motifs is 3. The van der Waals surface area contributed by atoms with Gasteiger partial charge in [0.25, 0.3) is 11.1 Å². The molecular formula is C42H30F2N8O2. The number of para-hydroxylation sites is 3. The molecule has 5 aromatic carbocycles. The van der Waals surface area contributed by atoms with Gasteiger partial charge in [0, 0.05) is 41.5 Å². The predicted octanol–water partition coefficient (Wildman–Crippen LogP) is 6.95. The third-order valence-electron chi connectivity index (χ3n) is 9.74. The van der Waals surface area contributed by atoms with E-state index in [0.717, 1.165) is 28.5 Å². The fraction of sp³-hybridized carbons (Fsp3) is 0.0952. The van der Waals surface area contributed by atoms with Crippen molar-refractivity contribution >= 4 is 33.0 Å². The molecule has 0 saturated heterocycles. The molecule has 0 aliphatic rings. The van der Waals surface area contributed by atoms with Crippen LogP contribution in [0.25, 0.3) is 55.2 Å². The zero-order chi connectivity index (χ0) is 36.9. The molecule has 4 aromatic heterocycles. The van der Waals surface area contributed by atoms with E-state index in [0.29, 0.717) is 57.2 Å². The van der Waals surface area contributed by atoms with Crippen molar-refractivity contribution in [3.63, 3.8) is 0 Å². The van der Waals surface area contributed by atoms with Gasteiger partial charge in [0.1, 0.15) is 11.6 Å². The molecule has 9 rings (SSSR count). The Labute approximate surface area is 305 Å². The third-order valence-corrected chi connectivity index (χ3v) is 9.74. The van der Waals surface area contributed by atoms with E-state index in [9.17, 15) is 9.59 Å². The first-order valence-corrected chi connectivity index (χ1v) is 17.2. The Morgan fingerprint density at radius 1 is 0.630 bits per heavy atom. The number of nitrogens with zero attached hydrogens (tertiary/aromatic N) is 8. The van der Waals surface area contributed by atoms with E-state index in [1.54, 1.807) is 50.3 Å². The molecule has 0 unspecified atom stereocenters. The number of halogens is 2. The standard InChI is InChI=1S/C42H30F2N8O2/c1-49-22-30(18-47-49)27-14-12-26(13-15-27)21-51-39-11-4-6-28(42(39)46-20-41(51)54)23-50-24-32-31(7-5-9-36(32)48-50)29-16-34(43)33(35(44)17-29)25-52-38-10-3-2-8-37(38)45-19-40(52)53/h2-20,22,24H,21,23,25H2,1H3. The minimum Gasteiger partial charge on any atom is -0.301 e. The van der Waals surface area contributed by atoms with Gasteiger partial charge >= 0.3 is 0 Å². The van der Waals surface area contributed by atoms with Crippen LogP contribution in [-0.4, -0.2) is 38.7 Å². The monoisotopic (exact) mass is 716 g/mol. The number of hydrogen-bond donors (Lipinski definition) is 0. The lowest BCUT2D eigenvalue weighted by atomic mass is 9.99. The summed E-state index contributed by atoms with van der Waals surface area (Å²) in [6, 6.07) is 28.8. The highest BCUT2D eigenvalue weighted by Crippen LogP contribution is 2.32. The summed E-state index contributed by atoms with van der Waals surface area (Å²) < 4.78 is 38.0. The Balaban J connectivity index is 1.01. The second-order valence-corrected chi connectivity index (χ2v) is 13.2. The van der Waals surface area contributed by atoms with Crippen LogP contribution in [0.5, 0.6) is 0 Å². The average molecular weight is 717 g/mol. The van der Waals surface area contributed by atoms with Crippen molar-refractivity contribution in [2.45, 2.75) is 19.6 Å². The van der Waals surface area contributed by atoms with Gasteiger partial charge in [-0.2, -0.15) is 10.2 Å². The van der Waals surface area contributed by atoms with Crippen LogP contribution in [0.2, 0.25) is 0 Å². The first-order valence-electron chi connectivity index (χ1n) is 17.2. The molecule has 0 amide bonds. The van der Waals surface area contributed by atoms with Gasteiger partial charge in [0.15, 0.2) is 0 Å². The van der Waals surface area contributed by atoms with Crippen molar-refractivity contribution in [1.82, 2.24) is 38.7 Å². The van der Waals surface area contributed by atoms with Crippen molar-refractivity contribution in [3.05, 3.63) is 177 Å². The van der Waals surface area contributed by atoms with Crippen LogP contribution in [-0.2, 0) is 26.7 Å². The number of aryl methyl sites for hydroxylation is 1. The van der Waals surface area contributed by atoms with Crippen molar-refractivity contribution in [1.29, 1.82) is 0 Å². The lowest BCUT2D eigenvalue weighted by molar-refractivity contribution is 0.545. The maximum atomic E-state index is 15.7. The summed E-state index contributed by atoms with van der Waals surface area (Å²) in [4.78, 5) is 34.5. The molecule has 0 saturated carbocycles. The molecule has 264 valence electrons. The minimum atomic E-state index is -0.764. The largest absolute Gasteiger partial charge is 0.301 e. The van der Waals surface area contributed by atoms with E-state index >= 15 is 8.78 Å². The molecule has 0 bridgehead atoms. The normalized spacial score (nSPS) is 11.6. The molecule has 54 heavy (non-hydrogen) atoms. The number of benzene rings is 5. The number of hydrogen-bond acceptors (Lipinski definition) is 6. The first-order chi connectivity index (χ1) is 26.3. The smallest absolute Gasteiger partial charge is 0.269 e. The van der Waals surface area contributed by atoms with Crippen molar-refractivity contribution < 1.29 is 8.78 Å². The van der Waals surface area contributed by atoms with Crippen LogP contribution in [0.1, 0.15) is 16.7 Å². The van der Waals surface area contributed by atoms with Crippen LogP contribution in [0, 0.1) is 11.6 Å². The first kappa shape index (κ1) is 32.8. The topological polar surface area (TPSA) is 105 Å². The number of aromatic nitrogens is 8. The number of rotatable bonds is 8. The molecule has 9 aromatic rings. The molecule has 4 heterocycles. The van der Waals surface area contributed by atoms with Crippen molar-refractivity contribution in [3.8, 4) is 22.3 Å². The lowest BCUT2D eigenvalue weighted by Crippen LogP contribution is -2.22. The molecule has 0 radical (unpaired) electrons. The molecule has 10 nitrogen and oxygen atoms in total. The summed E-state index contributed by atoms with van der Waals surface area (Å²) in [5.41, 5.74) is 6.99. The van der Waals surface area contributed by atoms with Crippen LogP contribution < -0.4 is 11.1 Å². The molecule has 12 heteroatoms. The van der Waals surface area contributed by atoms with E-state index in [4.69, 9.17) is 5.10 Å². The molecular weight excluding hydrogens is 687 g/mol.